The first kappa shape index (κ1) is 19.7. The Hall–Kier alpha value is -3.56. The fourth-order valence-electron chi connectivity index (χ4n) is 3.72. The number of aromatic nitrogens is 6. The Morgan fingerprint density at radius 3 is 2.70 bits per heavy atom. The van der Waals surface area contributed by atoms with E-state index in [1.807, 2.05) is 4.90 Å². The van der Waals surface area contributed by atoms with Crippen LogP contribution in [0, 0.1) is 5.92 Å². The maximum Gasteiger partial charge on any atom is 0.337 e. The van der Waals surface area contributed by atoms with E-state index in [1.54, 1.807) is 41.1 Å². The normalized spacial score (nSPS) is 17.0. The van der Waals surface area contributed by atoms with Crippen molar-refractivity contribution < 1.29 is 14.7 Å². The molecule has 0 radical (unpaired) electrons. The summed E-state index contributed by atoms with van der Waals surface area (Å²) in [7, 11) is 1.80. The number of rotatable bonds is 5. The molecule has 0 aliphatic carbocycles. The minimum absolute atomic E-state index is 0.0111. The van der Waals surface area contributed by atoms with Crippen LogP contribution in [0.1, 0.15) is 40.0 Å². The molecular formula is C20H23N7O3. The fraction of sp³-hybridized carbons (Fsp3) is 0.400. The summed E-state index contributed by atoms with van der Waals surface area (Å²) in [6.07, 6.45) is 9.51. The molecule has 1 atom stereocenters. The molecule has 30 heavy (non-hydrogen) atoms. The van der Waals surface area contributed by atoms with Crippen molar-refractivity contribution in [2.45, 2.75) is 25.8 Å². The lowest BCUT2D eigenvalue weighted by atomic mass is 10.0. The zero-order chi connectivity index (χ0) is 21.1. The van der Waals surface area contributed by atoms with Gasteiger partial charge in [0, 0.05) is 39.1 Å². The summed E-state index contributed by atoms with van der Waals surface area (Å²) in [5.41, 5.74) is 1.89. The largest absolute Gasteiger partial charge is 0.478 e. The first-order valence-corrected chi connectivity index (χ1v) is 9.87. The van der Waals surface area contributed by atoms with E-state index in [2.05, 4.69) is 20.4 Å². The van der Waals surface area contributed by atoms with Crippen molar-refractivity contribution in [3.05, 3.63) is 48.0 Å². The lowest BCUT2D eigenvalue weighted by molar-refractivity contribution is 0.0694. The molecule has 4 heterocycles. The third-order valence-electron chi connectivity index (χ3n) is 5.26. The van der Waals surface area contributed by atoms with Gasteiger partial charge < -0.3 is 10.0 Å². The predicted octanol–water partition coefficient (Wildman–Crippen LogP) is 1.71. The van der Waals surface area contributed by atoms with Gasteiger partial charge in [0.2, 0.25) is 0 Å². The number of aromatic carboxylic acids is 1. The Bertz CT molecular complexity index is 1040. The van der Waals surface area contributed by atoms with Gasteiger partial charge in [0.25, 0.3) is 5.91 Å². The van der Waals surface area contributed by atoms with E-state index in [0.717, 1.165) is 25.8 Å². The zero-order valence-electron chi connectivity index (χ0n) is 16.7. The Labute approximate surface area is 173 Å². The molecule has 10 heteroatoms. The summed E-state index contributed by atoms with van der Waals surface area (Å²) in [6.45, 7) is 2.05. The molecule has 0 spiro atoms. The number of carbonyl (C=O) groups is 2. The molecular weight excluding hydrogens is 386 g/mol. The maximum absolute atomic E-state index is 12.8. The molecule has 1 aliphatic heterocycles. The molecule has 156 valence electrons. The minimum Gasteiger partial charge on any atom is -0.478 e. The molecule has 1 amide bonds. The van der Waals surface area contributed by atoms with Crippen LogP contribution in [0.2, 0.25) is 0 Å². The van der Waals surface area contributed by atoms with Gasteiger partial charge >= 0.3 is 5.97 Å². The highest BCUT2D eigenvalue weighted by Crippen LogP contribution is 2.21. The number of nitrogens with zero attached hydrogens (tertiary/aromatic N) is 7. The van der Waals surface area contributed by atoms with Gasteiger partial charge in [-0.3, -0.25) is 19.1 Å². The summed E-state index contributed by atoms with van der Waals surface area (Å²) in [5.74, 6) is -0.738. The molecule has 3 aromatic rings. The average Bonchev–Trinajstić information content (AvgIpc) is 3.32. The summed E-state index contributed by atoms with van der Waals surface area (Å²) in [5, 5.41) is 21.4. The summed E-state index contributed by atoms with van der Waals surface area (Å²) >= 11 is 0. The van der Waals surface area contributed by atoms with E-state index in [0.29, 0.717) is 30.0 Å². The van der Waals surface area contributed by atoms with E-state index in [-0.39, 0.29) is 17.4 Å². The summed E-state index contributed by atoms with van der Waals surface area (Å²) in [4.78, 5) is 29.8. The molecule has 1 fully saturated rings. The van der Waals surface area contributed by atoms with Gasteiger partial charge in [-0.25, -0.2) is 4.79 Å². The van der Waals surface area contributed by atoms with Crippen LogP contribution in [0.4, 0.5) is 0 Å². The van der Waals surface area contributed by atoms with E-state index >= 15 is 0 Å². The second-order valence-electron chi connectivity index (χ2n) is 7.58. The zero-order valence-corrected chi connectivity index (χ0v) is 16.7. The first-order valence-electron chi connectivity index (χ1n) is 9.87. The molecule has 0 aromatic carbocycles. The van der Waals surface area contributed by atoms with Crippen LogP contribution < -0.4 is 0 Å². The number of carboxylic acid groups (broad SMARTS) is 1. The second kappa shape index (κ2) is 8.44. The molecule has 4 rings (SSSR count). The van der Waals surface area contributed by atoms with Crippen molar-refractivity contribution in [3.8, 4) is 11.4 Å². The Kier molecular flexibility index (Phi) is 5.55. The number of hydrogen-bond donors (Lipinski definition) is 1. The van der Waals surface area contributed by atoms with Crippen LogP contribution in [-0.4, -0.2) is 64.7 Å². The van der Waals surface area contributed by atoms with Crippen molar-refractivity contribution in [3.63, 3.8) is 0 Å². The van der Waals surface area contributed by atoms with Crippen LogP contribution in [-0.2, 0) is 13.6 Å². The van der Waals surface area contributed by atoms with Crippen molar-refractivity contribution in [1.29, 1.82) is 0 Å². The number of carbonyl (C=O) groups excluding carboxylic acids is 1. The molecule has 1 aliphatic rings. The molecule has 10 nitrogen and oxygen atoms in total. The third kappa shape index (κ3) is 4.37. The standard InChI is InChI=1S/C20H23N7O3/c1-25-12-16(9-22-25)19(28)26-7-3-2-4-14(10-26)11-27-13-18(23-24-27)17-6-5-15(8-21-17)20(29)30/h5-6,8-9,12-14H,2-4,7,10-11H2,1H3,(H,29,30). The Balaban J connectivity index is 1.43. The van der Waals surface area contributed by atoms with Crippen molar-refractivity contribution in [2.24, 2.45) is 13.0 Å². The van der Waals surface area contributed by atoms with Crippen LogP contribution in [0.25, 0.3) is 11.4 Å². The number of likely N-dealkylation sites (tertiary alicyclic amines) is 1. The molecule has 3 aromatic heterocycles. The molecule has 1 saturated heterocycles. The van der Waals surface area contributed by atoms with Crippen LogP contribution >= 0.6 is 0 Å². The van der Waals surface area contributed by atoms with Gasteiger partial charge in [0.05, 0.1) is 29.2 Å². The summed E-state index contributed by atoms with van der Waals surface area (Å²) < 4.78 is 3.40. The maximum atomic E-state index is 12.8. The van der Waals surface area contributed by atoms with Crippen LogP contribution in [0.5, 0.6) is 0 Å². The monoisotopic (exact) mass is 409 g/mol. The number of pyridine rings is 1. The quantitative estimate of drug-likeness (QED) is 0.681. The lowest BCUT2D eigenvalue weighted by Crippen LogP contribution is -2.35. The SMILES string of the molecule is Cn1cc(C(=O)N2CCCCC(Cn3cc(-c4ccc(C(=O)O)cn4)nn3)C2)cn1. The van der Waals surface area contributed by atoms with E-state index in [1.165, 1.54) is 12.3 Å². The molecule has 1 unspecified atom stereocenters. The topological polar surface area (TPSA) is 119 Å². The van der Waals surface area contributed by atoms with Crippen molar-refractivity contribution in [1.82, 2.24) is 34.7 Å². The third-order valence-corrected chi connectivity index (χ3v) is 5.26. The van der Waals surface area contributed by atoms with Gasteiger partial charge in [0.1, 0.15) is 5.69 Å². The number of aryl methyl sites for hydroxylation is 1. The average molecular weight is 409 g/mol. The smallest absolute Gasteiger partial charge is 0.337 e. The van der Waals surface area contributed by atoms with Gasteiger partial charge in [-0.15, -0.1) is 5.10 Å². The number of hydrogen-bond acceptors (Lipinski definition) is 6. The van der Waals surface area contributed by atoms with Crippen LogP contribution in [0.3, 0.4) is 0 Å². The first-order chi connectivity index (χ1) is 14.5. The van der Waals surface area contributed by atoms with E-state index in [9.17, 15) is 9.59 Å². The lowest BCUT2D eigenvalue weighted by Gasteiger charge is -2.24. The highest BCUT2D eigenvalue weighted by molar-refractivity contribution is 5.93. The van der Waals surface area contributed by atoms with Crippen LogP contribution in [0.15, 0.2) is 36.9 Å². The van der Waals surface area contributed by atoms with Gasteiger partial charge in [-0.2, -0.15) is 5.10 Å². The van der Waals surface area contributed by atoms with E-state index < -0.39 is 5.97 Å². The van der Waals surface area contributed by atoms with Gasteiger partial charge in [-0.1, -0.05) is 11.6 Å². The van der Waals surface area contributed by atoms with Crippen molar-refractivity contribution >= 4 is 11.9 Å². The summed E-state index contributed by atoms with van der Waals surface area (Å²) in [6, 6.07) is 3.12. The minimum atomic E-state index is -1.02. The Morgan fingerprint density at radius 1 is 1.13 bits per heavy atom. The number of amides is 1. The Morgan fingerprint density at radius 2 is 2.00 bits per heavy atom. The highest BCUT2D eigenvalue weighted by atomic mass is 16.4. The van der Waals surface area contributed by atoms with Gasteiger partial charge in [-0.05, 0) is 30.9 Å². The molecule has 1 N–H and O–H groups in total. The van der Waals surface area contributed by atoms with Crippen molar-refractivity contribution in [2.75, 3.05) is 13.1 Å². The van der Waals surface area contributed by atoms with Gasteiger partial charge in [0.15, 0.2) is 0 Å². The number of carboxylic acids is 1. The molecule has 0 saturated carbocycles. The predicted molar refractivity (Wildman–Crippen MR) is 107 cm³/mol. The molecule has 0 bridgehead atoms. The fourth-order valence-corrected chi connectivity index (χ4v) is 3.72. The van der Waals surface area contributed by atoms with E-state index in [4.69, 9.17) is 5.11 Å². The highest BCUT2D eigenvalue weighted by Gasteiger charge is 2.24. The second-order valence-corrected chi connectivity index (χ2v) is 7.58.